The van der Waals surface area contributed by atoms with Gasteiger partial charge in [-0.2, -0.15) is 0 Å². The van der Waals surface area contributed by atoms with E-state index in [1.807, 2.05) is 33.8 Å². The highest BCUT2D eigenvalue weighted by molar-refractivity contribution is 6.00. The second-order valence-corrected chi connectivity index (χ2v) is 8.15. The number of benzene rings is 2. The predicted octanol–water partition coefficient (Wildman–Crippen LogP) is 5.36. The van der Waals surface area contributed by atoms with Crippen LogP contribution < -0.4 is 20.4 Å². The molecule has 2 heterocycles. The molecule has 0 aliphatic carbocycles. The minimum Gasteiger partial charge on any atom is -0.497 e. The van der Waals surface area contributed by atoms with Crippen molar-refractivity contribution in [2.75, 3.05) is 19.5 Å². The molecule has 1 N–H and O–H groups in total. The van der Waals surface area contributed by atoms with Crippen molar-refractivity contribution < 1.29 is 23.1 Å². The van der Waals surface area contributed by atoms with Crippen LogP contribution in [0.25, 0.3) is 21.9 Å². The highest BCUT2D eigenvalue weighted by Gasteiger charge is 2.19. The Balaban J connectivity index is 1.64. The smallest absolute Gasteiger partial charge is 0.339 e. The topological polar surface area (TPSA) is 90.9 Å². The minimum atomic E-state index is -0.436. The molecule has 0 spiro atoms. The molecule has 7 heteroatoms. The summed E-state index contributed by atoms with van der Waals surface area (Å²) in [6, 6.07) is 7.17. The van der Waals surface area contributed by atoms with E-state index in [1.165, 1.54) is 7.11 Å². The highest BCUT2D eigenvalue weighted by atomic mass is 16.5. The quantitative estimate of drug-likeness (QED) is 0.399. The van der Waals surface area contributed by atoms with Crippen LogP contribution >= 0.6 is 0 Å². The van der Waals surface area contributed by atoms with Crippen LogP contribution in [0.5, 0.6) is 11.5 Å². The maximum absolute atomic E-state index is 12.8. The molecule has 4 rings (SSSR count). The zero-order valence-electron chi connectivity index (χ0n) is 19.7. The average Bonchev–Trinajstić information content (AvgIpc) is 3.08. The summed E-state index contributed by atoms with van der Waals surface area (Å²) in [7, 11) is 3.08. The first-order chi connectivity index (χ1) is 15.7. The van der Waals surface area contributed by atoms with Crippen molar-refractivity contribution in [3.8, 4) is 11.5 Å². The number of furan rings is 1. The van der Waals surface area contributed by atoms with Crippen molar-refractivity contribution in [3.63, 3.8) is 0 Å². The number of nitrogens with one attached hydrogen (secondary N) is 1. The van der Waals surface area contributed by atoms with Gasteiger partial charge >= 0.3 is 5.63 Å². The number of aryl methyl sites for hydroxylation is 4. The summed E-state index contributed by atoms with van der Waals surface area (Å²) in [5.74, 6) is 1.72. The van der Waals surface area contributed by atoms with E-state index in [4.69, 9.17) is 18.3 Å². The van der Waals surface area contributed by atoms with E-state index >= 15 is 0 Å². The van der Waals surface area contributed by atoms with Crippen LogP contribution in [0, 0.1) is 27.7 Å². The molecule has 0 atom stereocenters. The number of anilines is 1. The molecule has 0 saturated heterocycles. The predicted molar refractivity (Wildman–Crippen MR) is 128 cm³/mol. The van der Waals surface area contributed by atoms with E-state index < -0.39 is 5.63 Å². The van der Waals surface area contributed by atoms with Gasteiger partial charge in [0.05, 0.1) is 19.9 Å². The summed E-state index contributed by atoms with van der Waals surface area (Å²) < 4.78 is 22.1. The summed E-state index contributed by atoms with van der Waals surface area (Å²) in [4.78, 5) is 25.5. The third kappa shape index (κ3) is 3.95. The van der Waals surface area contributed by atoms with Crippen molar-refractivity contribution in [1.82, 2.24) is 0 Å². The summed E-state index contributed by atoms with van der Waals surface area (Å²) in [5, 5.41) is 4.70. The Morgan fingerprint density at radius 1 is 0.909 bits per heavy atom. The molecule has 0 bridgehead atoms. The lowest BCUT2D eigenvalue weighted by molar-refractivity contribution is -0.116. The summed E-state index contributed by atoms with van der Waals surface area (Å²) in [6.07, 6.45) is 0.366. The molecule has 7 nitrogen and oxygen atoms in total. The maximum atomic E-state index is 12.8. The fraction of sp³-hybridized carbons (Fsp3) is 0.308. The molecule has 0 aliphatic heterocycles. The fourth-order valence-electron chi connectivity index (χ4n) is 4.14. The van der Waals surface area contributed by atoms with Gasteiger partial charge in [0.2, 0.25) is 5.91 Å². The molecular formula is C26H27NO6. The average molecular weight is 450 g/mol. The third-order valence-electron chi connectivity index (χ3n) is 6.23. The number of ether oxygens (including phenoxy) is 2. The third-order valence-corrected chi connectivity index (χ3v) is 6.23. The Hall–Kier alpha value is -3.74. The van der Waals surface area contributed by atoms with E-state index in [9.17, 15) is 9.59 Å². The van der Waals surface area contributed by atoms with Gasteiger partial charge < -0.3 is 23.6 Å². The first-order valence-corrected chi connectivity index (χ1v) is 10.7. The molecule has 0 saturated carbocycles. The largest absolute Gasteiger partial charge is 0.497 e. The standard InChI is InChI=1S/C26H27NO6/c1-13-16(4)32-24-15(3)25-20(12-19(13)24)14(2)18(26(29)33-25)8-10-23(28)27-21-11-17(30-5)7-9-22(21)31-6/h7,9,11-12H,8,10H2,1-6H3,(H,27,28). The van der Waals surface area contributed by atoms with E-state index in [0.717, 1.165) is 38.8 Å². The fourth-order valence-corrected chi connectivity index (χ4v) is 4.14. The van der Waals surface area contributed by atoms with Gasteiger partial charge in [-0.05, 0) is 63.4 Å². The molecule has 0 unspecified atom stereocenters. The summed E-state index contributed by atoms with van der Waals surface area (Å²) in [6.45, 7) is 7.72. The van der Waals surface area contributed by atoms with Crippen LogP contribution in [0.4, 0.5) is 5.69 Å². The SMILES string of the molecule is COc1ccc(OC)c(NC(=O)CCc2c(C)c3cc4c(C)c(C)oc4c(C)c3oc2=O)c1. The Bertz CT molecular complexity index is 1440. The number of carbonyl (C=O) groups excluding carboxylic acids is 1. The first kappa shape index (κ1) is 22.5. The number of hydrogen-bond acceptors (Lipinski definition) is 6. The lowest BCUT2D eigenvalue weighted by Crippen LogP contribution is -2.17. The van der Waals surface area contributed by atoms with Crippen LogP contribution in [0.15, 0.2) is 37.9 Å². The molecular weight excluding hydrogens is 422 g/mol. The van der Waals surface area contributed by atoms with Crippen molar-refractivity contribution in [3.05, 3.63) is 62.7 Å². The van der Waals surface area contributed by atoms with Gasteiger partial charge in [0.15, 0.2) is 0 Å². The molecule has 172 valence electrons. The van der Waals surface area contributed by atoms with Gasteiger partial charge in [-0.1, -0.05) is 0 Å². The van der Waals surface area contributed by atoms with Gasteiger partial charge in [-0.3, -0.25) is 4.79 Å². The molecule has 2 aromatic heterocycles. The van der Waals surface area contributed by atoms with Crippen molar-refractivity contribution in [2.24, 2.45) is 0 Å². The Morgan fingerprint density at radius 3 is 2.30 bits per heavy atom. The van der Waals surface area contributed by atoms with Gasteiger partial charge in [0.1, 0.15) is 28.4 Å². The summed E-state index contributed by atoms with van der Waals surface area (Å²) in [5.41, 5.74) is 4.50. The molecule has 0 aliphatic rings. The minimum absolute atomic E-state index is 0.114. The number of fused-ring (bicyclic) bond motifs is 2. The number of amides is 1. The monoisotopic (exact) mass is 449 g/mol. The highest BCUT2D eigenvalue weighted by Crippen LogP contribution is 2.34. The number of hydrogen-bond donors (Lipinski definition) is 1. The second-order valence-electron chi connectivity index (χ2n) is 8.15. The lowest BCUT2D eigenvalue weighted by atomic mass is 9.98. The van der Waals surface area contributed by atoms with Crippen LogP contribution in [-0.2, 0) is 11.2 Å². The molecule has 2 aromatic carbocycles. The normalized spacial score (nSPS) is 11.2. The molecule has 4 aromatic rings. The van der Waals surface area contributed by atoms with E-state index in [-0.39, 0.29) is 18.7 Å². The van der Waals surface area contributed by atoms with Crippen LogP contribution in [0.3, 0.4) is 0 Å². The zero-order chi connectivity index (χ0) is 23.9. The van der Waals surface area contributed by atoms with Crippen LogP contribution in [0.1, 0.15) is 34.4 Å². The van der Waals surface area contributed by atoms with Crippen LogP contribution in [-0.4, -0.2) is 20.1 Å². The number of carbonyl (C=O) groups is 1. The zero-order valence-corrected chi connectivity index (χ0v) is 19.7. The Kier molecular flexibility index (Phi) is 5.89. The van der Waals surface area contributed by atoms with Gasteiger partial charge in [0, 0.05) is 34.4 Å². The first-order valence-electron chi connectivity index (χ1n) is 10.7. The molecule has 0 fully saturated rings. The van der Waals surface area contributed by atoms with Gasteiger partial charge in [0.25, 0.3) is 0 Å². The van der Waals surface area contributed by atoms with E-state index in [2.05, 4.69) is 5.32 Å². The van der Waals surface area contributed by atoms with Gasteiger partial charge in [-0.15, -0.1) is 0 Å². The van der Waals surface area contributed by atoms with Crippen molar-refractivity contribution in [2.45, 2.75) is 40.5 Å². The number of methoxy groups -OCH3 is 2. The van der Waals surface area contributed by atoms with Crippen molar-refractivity contribution in [1.29, 1.82) is 0 Å². The van der Waals surface area contributed by atoms with E-state index in [0.29, 0.717) is 28.3 Å². The van der Waals surface area contributed by atoms with Gasteiger partial charge in [-0.25, -0.2) is 4.79 Å². The van der Waals surface area contributed by atoms with Crippen LogP contribution in [0.2, 0.25) is 0 Å². The van der Waals surface area contributed by atoms with E-state index in [1.54, 1.807) is 25.3 Å². The maximum Gasteiger partial charge on any atom is 0.339 e. The molecule has 0 radical (unpaired) electrons. The Morgan fingerprint density at radius 2 is 1.61 bits per heavy atom. The summed E-state index contributed by atoms with van der Waals surface area (Å²) >= 11 is 0. The molecule has 33 heavy (non-hydrogen) atoms. The Labute approximate surface area is 191 Å². The number of rotatable bonds is 6. The lowest BCUT2D eigenvalue weighted by Gasteiger charge is -2.12. The van der Waals surface area contributed by atoms with Crippen molar-refractivity contribution >= 4 is 33.5 Å². The second kappa shape index (κ2) is 8.65. The molecule has 1 amide bonds.